The third kappa shape index (κ3) is 4.58. The highest BCUT2D eigenvalue weighted by molar-refractivity contribution is 7.99. The molecule has 25 heavy (non-hydrogen) atoms. The summed E-state index contributed by atoms with van der Waals surface area (Å²) in [4.78, 5) is 11.9. The molecule has 128 valence electrons. The average molecular weight is 378 g/mol. The summed E-state index contributed by atoms with van der Waals surface area (Å²) in [6, 6.07) is 11.7. The summed E-state index contributed by atoms with van der Waals surface area (Å²) in [6.07, 6.45) is 0. The number of carbonyl (C=O) groups is 1. The minimum Gasteiger partial charge on any atom is -0.411 e. The molecule has 0 spiro atoms. The number of carbonyl (C=O) groups excluding carboxylic acids is 1. The molecule has 1 heterocycles. The monoisotopic (exact) mass is 377 g/mol. The van der Waals surface area contributed by atoms with Gasteiger partial charge in [0.1, 0.15) is 5.82 Å². The Balaban J connectivity index is 1.58. The summed E-state index contributed by atoms with van der Waals surface area (Å²) in [5, 5.41) is 10.9. The molecule has 0 aliphatic rings. The van der Waals surface area contributed by atoms with Gasteiger partial charge >= 0.3 is 0 Å². The summed E-state index contributed by atoms with van der Waals surface area (Å²) in [6.45, 7) is 1.99. The second-order valence-electron chi connectivity index (χ2n) is 5.20. The van der Waals surface area contributed by atoms with Crippen LogP contribution in [0.25, 0.3) is 11.5 Å². The van der Waals surface area contributed by atoms with Gasteiger partial charge in [-0.05, 0) is 37.3 Å². The number of amides is 1. The van der Waals surface area contributed by atoms with Gasteiger partial charge in [0.15, 0.2) is 0 Å². The molecule has 1 aromatic heterocycles. The summed E-state index contributed by atoms with van der Waals surface area (Å²) < 4.78 is 19.2. The van der Waals surface area contributed by atoms with Gasteiger partial charge in [0.25, 0.3) is 5.22 Å². The summed E-state index contributed by atoms with van der Waals surface area (Å²) in [7, 11) is 0. The van der Waals surface area contributed by atoms with E-state index in [2.05, 4.69) is 15.5 Å². The lowest BCUT2D eigenvalue weighted by Crippen LogP contribution is -2.15. The lowest BCUT2D eigenvalue weighted by Gasteiger charge is -2.05. The Morgan fingerprint density at radius 3 is 2.72 bits per heavy atom. The number of rotatable bonds is 5. The first-order valence-corrected chi connectivity index (χ1v) is 8.66. The molecule has 0 bridgehead atoms. The zero-order chi connectivity index (χ0) is 17.8. The molecular formula is C17H13ClFN3O2S. The summed E-state index contributed by atoms with van der Waals surface area (Å²) >= 11 is 6.75. The number of thioether (sulfide) groups is 1. The van der Waals surface area contributed by atoms with Crippen molar-refractivity contribution in [2.24, 2.45) is 0 Å². The fourth-order valence-corrected chi connectivity index (χ4v) is 2.71. The molecule has 0 radical (unpaired) electrons. The predicted octanol–water partition coefficient (Wildman–Crippen LogP) is 4.57. The largest absolute Gasteiger partial charge is 0.411 e. The molecule has 0 unspecified atom stereocenters. The molecule has 0 fully saturated rings. The van der Waals surface area contributed by atoms with Crippen LogP contribution >= 0.6 is 23.4 Å². The maximum Gasteiger partial charge on any atom is 0.277 e. The molecule has 3 rings (SSSR count). The Morgan fingerprint density at radius 1 is 1.24 bits per heavy atom. The number of aryl methyl sites for hydroxylation is 1. The lowest BCUT2D eigenvalue weighted by atomic mass is 10.1. The molecule has 5 nitrogen and oxygen atoms in total. The van der Waals surface area contributed by atoms with Crippen molar-refractivity contribution in [2.45, 2.75) is 12.1 Å². The van der Waals surface area contributed by atoms with Gasteiger partial charge < -0.3 is 9.73 Å². The number of hydrogen-bond acceptors (Lipinski definition) is 5. The molecule has 0 saturated heterocycles. The number of anilines is 1. The third-order valence-electron chi connectivity index (χ3n) is 3.24. The number of nitrogens with one attached hydrogen (secondary N) is 1. The Kier molecular flexibility index (Phi) is 5.35. The van der Waals surface area contributed by atoms with Gasteiger partial charge in [-0.25, -0.2) is 4.39 Å². The molecule has 0 atom stereocenters. The average Bonchev–Trinajstić information content (AvgIpc) is 3.05. The van der Waals surface area contributed by atoms with Crippen LogP contribution in [0, 0.1) is 12.7 Å². The number of benzene rings is 2. The number of halogens is 2. The van der Waals surface area contributed by atoms with Crippen LogP contribution in [0.15, 0.2) is 52.1 Å². The van der Waals surface area contributed by atoms with Crippen molar-refractivity contribution < 1.29 is 13.6 Å². The number of aromatic nitrogens is 2. The van der Waals surface area contributed by atoms with Crippen LogP contribution in [0.3, 0.4) is 0 Å². The zero-order valence-corrected chi connectivity index (χ0v) is 14.7. The summed E-state index contributed by atoms with van der Waals surface area (Å²) in [5.41, 5.74) is 2.00. The Morgan fingerprint density at radius 2 is 2.00 bits per heavy atom. The zero-order valence-electron chi connectivity index (χ0n) is 13.1. The van der Waals surface area contributed by atoms with E-state index in [0.717, 1.165) is 29.0 Å². The molecule has 1 N–H and O–H groups in total. The van der Waals surface area contributed by atoms with Gasteiger partial charge in [0.2, 0.25) is 11.8 Å². The molecular weight excluding hydrogens is 365 g/mol. The van der Waals surface area contributed by atoms with Crippen molar-refractivity contribution in [2.75, 3.05) is 11.1 Å². The van der Waals surface area contributed by atoms with Crippen molar-refractivity contribution in [3.8, 4) is 11.5 Å². The van der Waals surface area contributed by atoms with Crippen LogP contribution in [0.5, 0.6) is 0 Å². The van der Waals surface area contributed by atoms with Crippen LogP contribution in [0.1, 0.15) is 5.56 Å². The van der Waals surface area contributed by atoms with E-state index >= 15 is 0 Å². The van der Waals surface area contributed by atoms with Gasteiger partial charge in [-0.3, -0.25) is 4.79 Å². The Bertz CT molecular complexity index is 899. The van der Waals surface area contributed by atoms with Gasteiger partial charge in [-0.15, -0.1) is 10.2 Å². The van der Waals surface area contributed by atoms with E-state index in [-0.39, 0.29) is 27.6 Å². The van der Waals surface area contributed by atoms with Crippen molar-refractivity contribution in [1.82, 2.24) is 10.2 Å². The lowest BCUT2D eigenvalue weighted by molar-refractivity contribution is -0.113. The molecule has 3 aromatic rings. The minimum atomic E-state index is -0.592. The molecule has 1 amide bonds. The van der Waals surface area contributed by atoms with Gasteiger partial charge in [-0.2, -0.15) is 0 Å². The van der Waals surface area contributed by atoms with Gasteiger partial charge in [0.05, 0.1) is 11.4 Å². The van der Waals surface area contributed by atoms with Crippen molar-refractivity contribution in [3.05, 3.63) is 58.9 Å². The number of nitrogens with zero attached hydrogens (tertiary/aromatic N) is 2. The molecule has 0 saturated carbocycles. The van der Waals surface area contributed by atoms with Gasteiger partial charge in [0, 0.05) is 10.6 Å². The van der Waals surface area contributed by atoms with Crippen LogP contribution in [-0.4, -0.2) is 21.9 Å². The molecule has 8 heteroatoms. The first kappa shape index (κ1) is 17.4. The van der Waals surface area contributed by atoms with E-state index in [1.165, 1.54) is 12.1 Å². The van der Waals surface area contributed by atoms with E-state index in [1.54, 1.807) is 0 Å². The Labute approximate surface area is 152 Å². The van der Waals surface area contributed by atoms with Crippen LogP contribution < -0.4 is 5.32 Å². The highest BCUT2D eigenvalue weighted by Crippen LogP contribution is 2.24. The molecule has 0 aliphatic heterocycles. The fourth-order valence-electron chi connectivity index (χ4n) is 1.99. The maximum absolute atomic E-state index is 13.6. The number of hydrogen-bond donors (Lipinski definition) is 1. The second kappa shape index (κ2) is 7.67. The van der Waals surface area contributed by atoms with Crippen LogP contribution in [0.4, 0.5) is 10.1 Å². The normalized spacial score (nSPS) is 10.7. The Hall–Kier alpha value is -2.38. The standard InChI is InChI=1S/C17H13ClFN3O2S/c1-10-2-4-11(5-3-10)16-21-22-17(24-16)25-9-15(23)20-14-7-6-12(18)8-13(14)19/h2-8H,9H2,1H3,(H,20,23). The van der Waals surface area contributed by atoms with Crippen molar-refractivity contribution in [3.63, 3.8) is 0 Å². The first-order chi connectivity index (χ1) is 12.0. The highest BCUT2D eigenvalue weighted by atomic mass is 35.5. The predicted molar refractivity (Wildman–Crippen MR) is 95.2 cm³/mol. The van der Waals surface area contributed by atoms with E-state index in [0.29, 0.717) is 5.89 Å². The van der Waals surface area contributed by atoms with Crippen LogP contribution in [-0.2, 0) is 4.79 Å². The van der Waals surface area contributed by atoms with Crippen LogP contribution in [0.2, 0.25) is 5.02 Å². The van der Waals surface area contributed by atoms with Crippen molar-refractivity contribution >= 4 is 35.0 Å². The molecule has 0 aliphatic carbocycles. The van der Waals surface area contributed by atoms with Crippen molar-refractivity contribution in [1.29, 1.82) is 0 Å². The van der Waals surface area contributed by atoms with E-state index in [9.17, 15) is 9.18 Å². The quantitative estimate of drug-likeness (QED) is 0.660. The minimum absolute atomic E-state index is 0.0115. The SMILES string of the molecule is Cc1ccc(-c2nnc(SCC(=O)Nc3ccc(Cl)cc3F)o2)cc1. The maximum atomic E-state index is 13.6. The van der Waals surface area contributed by atoms with E-state index in [1.807, 2.05) is 31.2 Å². The molecule has 2 aromatic carbocycles. The highest BCUT2D eigenvalue weighted by Gasteiger charge is 2.12. The third-order valence-corrected chi connectivity index (χ3v) is 4.29. The topological polar surface area (TPSA) is 68.0 Å². The van der Waals surface area contributed by atoms with E-state index < -0.39 is 5.82 Å². The van der Waals surface area contributed by atoms with E-state index in [4.69, 9.17) is 16.0 Å². The fraction of sp³-hybridized carbons (Fsp3) is 0.118. The first-order valence-electron chi connectivity index (χ1n) is 7.29. The smallest absolute Gasteiger partial charge is 0.277 e. The van der Waals surface area contributed by atoms with Gasteiger partial charge in [-0.1, -0.05) is 41.1 Å². The summed E-state index contributed by atoms with van der Waals surface area (Å²) in [5.74, 6) is -0.587. The second-order valence-corrected chi connectivity index (χ2v) is 6.56.